The molecule has 3 aromatic carbocycles. The zero-order valence-corrected chi connectivity index (χ0v) is 21.3. The van der Waals surface area contributed by atoms with Gasteiger partial charge in [-0.1, -0.05) is 20.8 Å². The van der Waals surface area contributed by atoms with E-state index in [1.807, 2.05) is 92.2 Å². The van der Waals surface area contributed by atoms with E-state index in [-0.39, 0.29) is 11.8 Å². The van der Waals surface area contributed by atoms with Crippen LogP contribution in [-0.2, 0) is 9.53 Å². The zero-order valence-electron chi connectivity index (χ0n) is 21.3. The highest BCUT2D eigenvalue weighted by molar-refractivity contribution is 6.05. The van der Waals surface area contributed by atoms with Gasteiger partial charge in [0.05, 0.1) is 30.6 Å². The van der Waals surface area contributed by atoms with Gasteiger partial charge in [-0.3, -0.25) is 9.59 Å². The lowest BCUT2D eigenvalue weighted by Crippen LogP contribution is -2.36. The fourth-order valence-electron chi connectivity index (χ4n) is 4.17. The number of morpholine rings is 1. The maximum atomic E-state index is 12.8. The van der Waals surface area contributed by atoms with Crippen molar-refractivity contribution in [1.29, 1.82) is 0 Å². The number of carbonyl (C=O) groups excluding carboxylic acids is 2. The van der Waals surface area contributed by atoms with Gasteiger partial charge in [0, 0.05) is 46.5 Å². The summed E-state index contributed by atoms with van der Waals surface area (Å²) in [5.41, 5.74) is 4.47. The first kappa shape index (κ1) is 24.5. The van der Waals surface area contributed by atoms with Crippen LogP contribution in [0.15, 0.2) is 72.9 Å². The third kappa shape index (κ3) is 5.49. The summed E-state index contributed by atoms with van der Waals surface area (Å²) in [6.45, 7) is 8.81. The monoisotopic (exact) mass is 497 g/mol. The molecule has 0 atom stereocenters. The van der Waals surface area contributed by atoms with Crippen molar-refractivity contribution < 1.29 is 14.3 Å². The fraction of sp³-hybridized carbons (Fsp3) is 0.276. The molecule has 190 valence electrons. The van der Waals surface area contributed by atoms with E-state index in [0.29, 0.717) is 11.3 Å². The molecule has 0 saturated carbocycles. The predicted molar refractivity (Wildman–Crippen MR) is 147 cm³/mol. The molecule has 1 aromatic heterocycles. The number of ether oxygens (including phenoxy) is 1. The molecular formula is C29H31N5O3. The van der Waals surface area contributed by atoms with E-state index in [0.717, 1.165) is 54.3 Å². The van der Waals surface area contributed by atoms with Crippen molar-refractivity contribution in [2.45, 2.75) is 20.8 Å². The molecule has 1 aliphatic rings. The number of hydrogen-bond acceptors (Lipinski definition) is 5. The van der Waals surface area contributed by atoms with E-state index in [2.05, 4.69) is 20.6 Å². The molecule has 1 aliphatic heterocycles. The van der Waals surface area contributed by atoms with Gasteiger partial charge in [-0.25, -0.2) is 4.68 Å². The first-order valence-corrected chi connectivity index (χ1v) is 12.4. The minimum absolute atomic E-state index is 0.0348. The first-order chi connectivity index (χ1) is 17.8. The summed E-state index contributed by atoms with van der Waals surface area (Å²) in [4.78, 5) is 27.3. The van der Waals surface area contributed by atoms with Gasteiger partial charge in [0.2, 0.25) is 5.91 Å². The summed E-state index contributed by atoms with van der Waals surface area (Å²) < 4.78 is 7.24. The number of rotatable bonds is 5. The Morgan fingerprint density at radius 3 is 2.16 bits per heavy atom. The normalized spacial score (nSPS) is 14.0. The smallest absolute Gasteiger partial charge is 0.255 e. The zero-order chi connectivity index (χ0) is 26.0. The van der Waals surface area contributed by atoms with Crippen LogP contribution in [0.1, 0.15) is 31.1 Å². The Labute approximate surface area is 216 Å². The second-order valence-corrected chi connectivity index (χ2v) is 10.2. The topological polar surface area (TPSA) is 88.5 Å². The van der Waals surface area contributed by atoms with Crippen LogP contribution in [0.3, 0.4) is 0 Å². The molecule has 5 rings (SSSR count). The van der Waals surface area contributed by atoms with Crippen LogP contribution in [0.5, 0.6) is 0 Å². The van der Waals surface area contributed by atoms with Crippen LogP contribution in [0.2, 0.25) is 0 Å². The lowest BCUT2D eigenvalue weighted by Gasteiger charge is -2.28. The lowest BCUT2D eigenvalue weighted by atomic mass is 9.95. The maximum absolute atomic E-state index is 12.8. The molecule has 37 heavy (non-hydrogen) atoms. The highest BCUT2D eigenvalue weighted by Gasteiger charge is 2.21. The Morgan fingerprint density at radius 1 is 0.838 bits per heavy atom. The standard InChI is InChI=1S/C29H31N5O3/c1-29(2,3)28(36)32-22-6-11-25(12-7-22)34-26-13-8-23(18-21(26)19-30-34)31-27(35)20-4-9-24(10-5-20)33-14-16-37-17-15-33/h4-13,18-19H,14-17H2,1-3H3,(H,31,35)(H,32,36). The lowest BCUT2D eigenvalue weighted by molar-refractivity contribution is -0.123. The largest absolute Gasteiger partial charge is 0.378 e. The van der Waals surface area contributed by atoms with Crippen LogP contribution in [-0.4, -0.2) is 47.9 Å². The van der Waals surface area contributed by atoms with Crippen LogP contribution in [0, 0.1) is 5.41 Å². The Hall–Kier alpha value is -4.17. The Kier molecular flexibility index (Phi) is 6.67. The Morgan fingerprint density at radius 2 is 1.49 bits per heavy atom. The molecule has 4 aromatic rings. The number of fused-ring (bicyclic) bond motifs is 1. The highest BCUT2D eigenvalue weighted by Crippen LogP contribution is 2.24. The van der Waals surface area contributed by atoms with Crippen molar-refractivity contribution in [3.8, 4) is 5.69 Å². The molecule has 8 nitrogen and oxygen atoms in total. The van der Waals surface area contributed by atoms with Gasteiger partial charge >= 0.3 is 0 Å². The highest BCUT2D eigenvalue weighted by atomic mass is 16.5. The quantitative estimate of drug-likeness (QED) is 0.401. The summed E-state index contributed by atoms with van der Waals surface area (Å²) >= 11 is 0. The average Bonchev–Trinajstić information content (AvgIpc) is 3.32. The van der Waals surface area contributed by atoms with Crippen molar-refractivity contribution in [2.24, 2.45) is 5.41 Å². The first-order valence-electron chi connectivity index (χ1n) is 12.4. The number of nitrogens with one attached hydrogen (secondary N) is 2. The summed E-state index contributed by atoms with van der Waals surface area (Å²) in [5, 5.41) is 11.4. The van der Waals surface area contributed by atoms with Gasteiger partial charge in [-0.15, -0.1) is 0 Å². The molecule has 2 heterocycles. The van der Waals surface area contributed by atoms with Crippen molar-refractivity contribution >= 4 is 39.8 Å². The van der Waals surface area contributed by atoms with Gasteiger partial charge in [-0.05, 0) is 66.7 Å². The molecular weight excluding hydrogens is 466 g/mol. The number of benzene rings is 3. The molecule has 0 radical (unpaired) electrons. The van der Waals surface area contributed by atoms with Gasteiger partial charge in [-0.2, -0.15) is 5.10 Å². The summed E-state index contributed by atoms with van der Waals surface area (Å²) in [5.74, 6) is -0.194. The van der Waals surface area contributed by atoms with Crippen molar-refractivity contribution in [3.63, 3.8) is 0 Å². The van der Waals surface area contributed by atoms with Gasteiger partial charge in [0.15, 0.2) is 0 Å². The molecule has 0 unspecified atom stereocenters. The summed E-state index contributed by atoms with van der Waals surface area (Å²) in [6, 6.07) is 21.0. The third-order valence-electron chi connectivity index (χ3n) is 6.38. The van der Waals surface area contributed by atoms with E-state index >= 15 is 0 Å². The summed E-state index contributed by atoms with van der Waals surface area (Å²) in [6.07, 6.45) is 1.78. The van der Waals surface area contributed by atoms with E-state index in [4.69, 9.17) is 4.74 Å². The summed E-state index contributed by atoms with van der Waals surface area (Å²) in [7, 11) is 0. The van der Waals surface area contributed by atoms with Crippen LogP contribution < -0.4 is 15.5 Å². The number of carbonyl (C=O) groups is 2. The second-order valence-electron chi connectivity index (χ2n) is 10.2. The predicted octanol–water partition coefficient (Wildman–Crippen LogP) is 5.10. The number of aromatic nitrogens is 2. The molecule has 8 heteroatoms. The average molecular weight is 498 g/mol. The molecule has 0 spiro atoms. The van der Waals surface area contributed by atoms with Crippen molar-refractivity contribution in [1.82, 2.24) is 9.78 Å². The molecule has 0 bridgehead atoms. The third-order valence-corrected chi connectivity index (χ3v) is 6.38. The van der Waals surface area contributed by atoms with Crippen molar-refractivity contribution in [2.75, 3.05) is 41.8 Å². The number of anilines is 3. The molecule has 1 saturated heterocycles. The number of amides is 2. The fourth-order valence-corrected chi connectivity index (χ4v) is 4.17. The van der Waals surface area contributed by atoms with Gasteiger partial charge in [0.25, 0.3) is 5.91 Å². The van der Waals surface area contributed by atoms with E-state index in [9.17, 15) is 9.59 Å². The molecule has 2 amide bonds. The van der Waals surface area contributed by atoms with Crippen LogP contribution in [0.25, 0.3) is 16.6 Å². The molecule has 0 aliphatic carbocycles. The Balaban J connectivity index is 1.27. The molecule has 2 N–H and O–H groups in total. The van der Waals surface area contributed by atoms with Crippen molar-refractivity contribution in [3.05, 3.63) is 78.5 Å². The SMILES string of the molecule is CC(C)(C)C(=O)Nc1ccc(-n2ncc3cc(NC(=O)c4ccc(N5CCOCC5)cc4)ccc32)cc1. The van der Waals surface area contributed by atoms with E-state index < -0.39 is 5.41 Å². The maximum Gasteiger partial charge on any atom is 0.255 e. The van der Waals surface area contributed by atoms with Crippen LogP contribution >= 0.6 is 0 Å². The minimum Gasteiger partial charge on any atom is -0.378 e. The molecule has 1 fully saturated rings. The minimum atomic E-state index is -0.462. The number of nitrogens with zero attached hydrogens (tertiary/aromatic N) is 3. The van der Waals surface area contributed by atoms with Gasteiger partial charge < -0.3 is 20.3 Å². The van der Waals surface area contributed by atoms with Gasteiger partial charge in [0.1, 0.15) is 0 Å². The number of hydrogen-bond donors (Lipinski definition) is 2. The second kappa shape index (κ2) is 10.1. The Bertz CT molecular complexity index is 1410. The van der Waals surface area contributed by atoms with Crippen LogP contribution in [0.4, 0.5) is 17.1 Å². The van der Waals surface area contributed by atoms with E-state index in [1.54, 1.807) is 6.20 Å². The van der Waals surface area contributed by atoms with E-state index in [1.165, 1.54) is 0 Å².